The molecule has 5 nitrogen and oxygen atoms in total. The largest absolute Gasteiger partial charge is 0.454 e. The Hall–Kier alpha value is -3.89. The fourth-order valence-electron chi connectivity index (χ4n) is 3.32. The van der Waals surface area contributed by atoms with Gasteiger partial charge in [0.15, 0.2) is 11.6 Å². The molecule has 31 heavy (non-hydrogen) atoms. The van der Waals surface area contributed by atoms with E-state index in [0.717, 1.165) is 15.6 Å². The molecule has 0 aliphatic rings. The quantitative estimate of drug-likeness (QED) is 0.410. The zero-order valence-electron chi connectivity index (χ0n) is 16.5. The lowest BCUT2D eigenvalue weighted by atomic mass is 10.1. The minimum atomic E-state index is -3.92. The van der Waals surface area contributed by atoms with E-state index < -0.39 is 15.8 Å². The Morgan fingerprint density at radius 3 is 2.55 bits per heavy atom. The number of hydrogen-bond acceptors (Lipinski definition) is 4. The Kier molecular flexibility index (Phi) is 5.09. The fraction of sp³-hybridized carbons (Fsp3) is 0.0417. The van der Waals surface area contributed by atoms with Crippen molar-refractivity contribution in [1.82, 2.24) is 3.97 Å². The van der Waals surface area contributed by atoms with Crippen molar-refractivity contribution in [1.29, 1.82) is 5.26 Å². The second kappa shape index (κ2) is 7.74. The standard InChI is InChI=1S/C24H17FN2O3S/c1-3-20-21-11-12-27(31(28,29)19-9-7-16(2)8-10-19)23(21)14-22(25)24(20)30-18-6-4-5-17(13-18)15-26/h3-14H,1H2,2H3. The number of hydrogen-bond donors (Lipinski definition) is 0. The predicted octanol–water partition coefficient (Wildman–Crippen LogP) is 5.63. The first-order valence-corrected chi connectivity index (χ1v) is 10.8. The van der Waals surface area contributed by atoms with Gasteiger partial charge in [-0.3, -0.25) is 0 Å². The highest BCUT2D eigenvalue weighted by Gasteiger charge is 2.23. The summed E-state index contributed by atoms with van der Waals surface area (Å²) < 4.78 is 48.1. The van der Waals surface area contributed by atoms with Crippen LogP contribution < -0.4 is 4.74 Å². The van der Waals surface area contributed by atoms with Gasteiger partial charge in [0.1, 0.15) is 5.75 Å². The molecule has 0 unspecified atom stereocenters. The van der Waals surface area contributed by atoms with Gasteiger partial charge < -0.3 is 4.74 Å². The van der Waals surface area contributed by atoms with Crippen molar-refractivity contribution in [2.24, 2.45) is 0 Å². The Labute approximate surface area is 179 Å². The predicted molar refractivity (Wildman–Crippen MR) is 117 cm³/mol. The summed E-state index contributed by atoms with van der Waals surface area (Å²) in [6.07, 6.45) is 2.80. The van der Waals surface area contributed by atoms with Gasteiger partial charge in [-0.05, 0) is 43.3 Å². The van der Waals surface area contributed by atoms with E-state index in [9.17, 15) is 8.42 Å². The van der Waals surface area contributed by atoms with Crippen molar-refractivity contribution in [2.45, 2.75) is 11.8 Å². The zero-order valence-corrected chi connectivity index (χ0v) is 17.4. The maximum Gasteiger partial charge on any atom is 0.268 e. The molecule has 154 valence electrons. The SMILES string of the molecule is C=Cc1c(Oc2cccc(C#N)c2)c(F)cc2c1ccn2S(=O)(=O)c1ccc(C)cc1. The molecule has 0 bridgehead atoms. The molecule has 0 spiro atoms. The van der Waals surface area contributed by atoms with Crippen LogP contribution >= 0.6 is 0 Å². The van der Waals surface area contributed by atoms with E-state index >= 15 is 4.39 Å². The first kappa shape index (κ1) is 20.4. The number of nitriles is 1. The molecule has 7 heteroatoms. The molecule has 1 aromatic heterocycles. The topological polar surface area (TPSA) is 72.1 Å². The van der Waals surface area contributed by atoms with Crippen LogP contribution in [0.3, 0.4) is 0 Å². The van der Waals surface area contributed by atoms with Gasteiger partial charge >= 0.3 is 0 Å². The van der Waals surface area contributed by atoms with Crippen molar-refractivity contribution < 1.29 is 17.5 Å². The van der Waals surface area contributed by atoms with Crippen molar-refractivity contribution in [3.8, 4) is 17.6 Å². The summed E-state index contributed by atoms with van der Waals surface area (Å²) in [7, 11) is -3.92. The summed E-state index contributed by atoms with van der Waals surface area (Å²) in [5, 5.41) is 9.53. The van der Waals surface area contributed by atoms with Gasteiger partial charge in [-0.1, -0.05) is 36.4 Å². The maximum absolute atomic E-state index is 15.1. The van der Waals surface area contributed by atoms with Crippen LogP contribution in [-0.4, -0.2) is 12.4 Å². The van der Waals surface area contributed by atoms with Crippen molar-refractivity contribution in [3.63, 3.8) is 0 Å². The molecule has 0 saturated heterocycles. The summed E-state index contributed by atoms with van der Waals surface area (Å²) in [5.41, 5.74) is 1.79. The number of nitrogens with zero attached hydrogens (tertiary/aromatic N) is 2. The monoisotopic (exact) mass is 432 g/mol. The molecule has 1 heterocycles. The van der Waals surface area contributed by atoms with E-state index in [-0.39, 0.29) is 21.9 Å². The molecule has 0 aliphatic carbocycles. The molecule has 0 amide bonds. The van der Waals surface area contributed by atoms with Crippen LogP contribution in [0.25, 0.3) is 17.0 Å². The van der Waals surface area contributed by atoms with Crippen LogP contribution in [0.2, 0.25) is 0 Å². The summed E-state index contributed by atoms with van der Waals surface area (Å²) in [4.78, 5) is 0.102. The van der Waals surface area contributed by atoms with Gasteiger partial charge in [-0.25, -0.2) is 16.8 Å². The molecule has 0 N–H and O–H groups in total. The first-order valence-electron chi connectivity index (χ1n) is 9.31. The van der Waals surface area contributed by atoms with Gasteiger partial charge in [0.05, 0.1) is 22.0 Å². The average molecular weight is 432 g/mol. The molecule has 0 atom stereocenters. The van der Waals surface area contributed by atoms with Crippen LogP contribution in [0, 0.1) is 24.1 Å². The third kappa shape index (κ3) is 3.58. The second-order valence-corrected chi connectivity index (χ2v) is 8.72. The third-order valence-corrected chi connectivity index (χ3v) is 6.57. The minimum Gasteiger partial charge on any atom is -0.454 e. The summed E-state index contributed by atoms with van der Waals surface area (Å²) in [5.74, 6) is -0.556. The molecule has 0 saturated carbocycles. The fourth-order valence-corrected chi connectivity index (χ4v) is 4.66. The number of benzene rings is 3. The number of rotatable bonds is 5. The van der Waals surface area contributed by atoms with E-state index in [1.165, 1.54) is 30.5 Å². The van der Waals surface area contributed by atoms with Crippen LogP contribution in [0.5, 0.6) is 11.5 Å². The van der Waals surface area contributed by atoms with Crippen LogP contribution in [0.15, 0.2) is 78.3 Å². The molecule has 0 radical (unpaired) electrons. The maximum atomic E-state index is 15.1. The van der Waals surface area contributed by atoms with Crippen molar-refractivity contribution >= 4 is 27.0 Å². The molecule has 4 aromatic rings. The highest BCUT2D eigenvalue weighted by Crippen LogP contribution is 2.37. The Bertz CT molecular complexity index is 1460. The number of aryl methyl sites for hydroxylation is 1. The molecule has 0 fully saturated rings. The smallest absolute Gasteiger partial charge is 0.268 e. The zero-order chi connectivity index (χ0) is 22.2. The number of aromatic nitrogens is 1. The van der Waals surface area contributed by atoms with E-state index in [1.807, 2.05) is 13.0 Å². The van der Waals surface area contributed by atoms with Crippen LogP contribution in [-0.2, 0) is 10.0 Å². The van der Waals surface area contributed by atoms with Gasteiger partial charge in [-0.2, -0.15) is 5.26 Å². The van der Waals surface area contributed by atoms with E-state index in [2.05, 4.69) is 6.58 Å². The number of fused-ring (bicyclic) bond motifs is 1. The second-order valence-electron chi connectivity index (χ2n) is 6.91. The lowest BCUT2D eigenvalue weighted by Gasteiger charge is -2.13. The molecule has 0 aliphatic heterocycles. The van der Waals surface area contributed by atoms with E-state index in [0.29, 0.717) is 16.5 Å². The highest BCUT2D eigenvalue weighted by atomic mass is 32.2. The van der Waals surface area contributed by atoms with E-state index in [4.69, 9.17) is 10.00 Å². The molecule has 3 aromatic carbocycles. The minimum absolute atomic E-state index is 0.0944. The Morgan fingerprint density at radius 1 is 1.13 bits per heavy atom. The van der Waals surface area contributed by atoms with Crippen molar-refractivity contribution in [2.75, 3.05) is 0 Å². The molecular formula is C24H17FN2O3S. The van der Waals surface area contributed by atoms with Crippen LogP contribution in [0.4, 0.5) is 4.39 Å². The summed E-state index contributed by atoms with van der Waals surface area (Å²) in [6, 6.07) is 17.5. The normalized spacial score (nSPS) is 11.3. The van der Waals surface area contributed by atoms with Crippen molar-refractivity contribution in [3.05, 3.63) is 95.9 Å². The van der Waals surface area contributed by atoms with E-state index in [1.54, 1.807) is 36.4 Å². The summed E-state index contributed by atoms with van der Waals surface area (Å²) >= 11 is 0. The number of ether oxygens (including phenoxy) is 1. The first-order chi connectivity index (χ1) is 14.8. The van der Waals surface area contributed by atoms with Gasteiger partial charge in [0.25, 0.3) is 10.0 Å². The Balaban J connectivity index is 1.86. The van der Waals surface area contributed by atoms with Gasteiger partial charge in [0, 0.05) is 23.2 Å². The summed E-state index contributed by atoms with van der Waals surface area (Å²) in [6.45, 7) is 5.60. The lowest BCUT2D eigenvalue weighted by molar-refractivity contribution is 0.442. The van der Waals surface area contributed by atoms with Crippen LogP contribution in [0.1, 0.15) is 16.7 Å². The third-order valence-electron chi connectivity index (χ3n) is 4.87. The van der Waals surface area contributed by atoms with Gasteiger partial charge in [-0.15, -0.1) is 0 Å². The molecular weight excluding hydrogens is 415 g/mol. The number of halogens is 1. The van der Waals surface area contributed by atoms with Gasteiger partial charge in [0.2, 0.25) is 0 Å². The molecule has 4 rings (SSSR count). The average Bonchev–Trinajstić information content (AvgIpc) is 3.19. The highest BCUT2D eigenvalue weighted by molar-refractivity contribution is 7.90. The Morgan fingerprint density at radius 2 is 1.87 bits per heavy atom. The lowest BCUT2D eigenvalue weighted by Crippen LogP contribution is -2.12.